The molecule has 0 aliphatic heterocycles. The van der Waals surface area contributed by atoms with E-state index in [4.69, 9.17) is 32.7 Å². The first-order valence-electron chi connectivity index (χ1n) is 6.28. The van der Waals surface area contributed by atoms with Crippen LogP contribution in [-0.4, -0.2) is 29.3 Å². The molecule has 1 aromatic rings. The molecule has 0 aliphatic rings. The summed E-state index contributed by atoms with van der Waals surface area (Å²) in [6, 6.07) is 4.41. The van der Waals surface area contributed by atoms with Gasteiger partial charge in [0.2, 0.25) is 5.60 Å². The molecule has 5 nitrogen and oxygen atoms in total. The van der Waals surface area contributed by atoms with Crippen molar-refractivity contribution in [2.75, 3.05) is 6.61 Å². The van der Waals surface area contributed by atoms with Gasteiger partial charge in [-0.3, -0.25) is 0 Å². The van der Waals surface area contributed by atoms with E-state index in [1.165, 1.54) is 26.0 Å². The number of ether oxygens (including phenoxy) is 2. The largest absolute Gasteiger partial charge is 0.457 e. The van der Waals surface area contributed by atoms with Crippen molar-refractivity contribution in [1.29, 1.82) is 0 Å². The van der Waals surface area contributed by atoms with E-state index in [2.05, 4.69) is 29.0 Å². The number of benzene rings is 1. The summed E-state index contributed by atoms with van der Waals surface area (Å²) >= 11 is 16.0. The van der Waals surface area contributed by atoms with Crippen LogP contribution in [0, 0.1) is 0 Å². The van der Waals surface area contributed by atoms with Crippen LogP contribution < -0.4 is 0 Å². The van der Waals surface area contributed by atoms with Gasteiger partial charge in [0.25, 0.3) is 0 Å². The van der Waals surface area contributed by atoms with Gasteiger partial charge in [0.05, 0.1) is 21.4 Å². The summed E-state index contributed by atoms with van der Waals surface area (Å²) in [5.74, 6) is -1.57. The average molecular weight is 374 g/mol. The second-order valence-electron chi connectivity index (χ2n) is 4.86. The molecular formula is C15H13Cl2NO4S. The second kappa shape index (κ2) is 8.22. The lowest BCUT2D eigenvalue weighted by Gasteiger charge is -2.23. The number of isothiocyanates is 1. The Morgan fingerprint density at radius 2 is 2.09 bits per heavy atom. The summed E-state index contributed by atoms with van der Waals surface area (Å²) in [6.07, 6.45) is 0. The molecule has 0 heterocycles. The predicted molar refractivity (Wildman–Crippen MR) is 91.6 cm³/mol. The van der Waals surface area contributed by atoms with Crippen molar-refractivity contribution in [2.45, 2.75) is 19.4 Å². The van der Waals surface area contributed by atoms with Crippen LogP contribution in [0.2, 0.25) is 5.02 Å². The highest BCUT2D eigenvalue weighted by atomic mass is 35.5. The second-order valence-corrected chi connectivity index (χ2v) is 5.98. The maximum absolute atomic E-state index is 12.2. The first-order chi connectivity index (χ1) is 10.7. The topological polar surface area (TPSA) is 65.0 Å². The molecule has 0 bridgehead atoms. The zero-order chi connectivity index (χ0) is 17.6. The Hall–Kier alpha value is -1.72. The molecule has 0 atom stereocenters. The lowest BCUT2D eigenvalue weighted by molar-refractivity contribution is -0.161. The molecule has 0 aliphatic carbocycles. The SMILES string of the molecule is C=C(Cl)COC(=O)C(C)(C)OC(=O)c1cc(N=C=S)ccc1Cl. The predicted octanol–water partition coefficient (Wildman–Crippen LogP) is 4.31. The van der Waals surface area contributed by atoms with Gasteiger partial charge in [-0.05, 0) is 44.3 Å². The highest BCUT2D eigenvalue weighted by molar-refractivity contribution is 7.78. The lowest BCUT2D eigenvalue weighted by atomic mass is 10.1. The van der Waals surface area contributed by atoms with Crippen LogP contribution in [0.3, 0.4) is 0 Å². The fourth-order valence-electron chi connectivity index (χ4n) is 1.44. The smallest absolute Gasteiger partial charge is 0.350 e. The van der Waals surface area contributed by atoms with Crippen molar-refractivity contribution in [1.82, 2.24) is 0 Å². The highest BCUT2D eigenvalue weighted by Gasteiger charge is 2.34. The first kappa shape index (κ1) is 19.3. The van der Waals surface area contributed by atoms with Crippen molar-refractivity contribution in [2.24, 2.45) is 4.99 Å². The minimum absolute atomic E-state index is 0.0424. The Morgan fingerprint density at radius 1 is 1.43 bits per heavy atom. The molecule has 0 unspecified atom stereocenters. The number of carbonyl (C=O) groups is 2. The molecule has 0 radical (unpaired) electrons. The minimum Gasteiger partial charge on any atom is -0.457 e. The van der Waals surface area contributed by atoms with Crippen molar-refractivity contribution in [3.8, 4) is 0 Å². The summed E-state index contributed by atoms with van der Waals surface area (Å²) in [5.41, 5.74) is -1.10. The number of hydrogen-bond donors (Lipinski definition) is 0. The maximum atomic E-state index is 12.2. The Labute approximate surface area is 148 Å². The molecule has 0 N–H and O–H groups in total. The van der Waals surface area contributed by atoms with Crippen molar-refractivity contribution < 1.29 is 19.1 Å². The van der Waals surface area contributed by atoms with Gasteiger partial charge in [-0.15, -0.1) is 0 Å². The van der Waals surface area contributed by atoms with E-state index in [0.717, 1.165) is 0 Å². The van der Waals surface area contributed by atoms with Crippen LogP contribution in [0.25, 0.3) is 0 Å². The van der Waals surface area contributed by atoms with Gasteiger partial charge in [-0.1, -0.05) is 29.8 Å². The summed E-state index contributed by atoms with van der Waals surface area (Å²) < 4.78 is 10.0. The van der Waals surface area contributed by atoms with Crippen LogP contribution in [0.1, 0.15) is 24.2 Å². The van der Waals surface area contributed by atoms with Crippen LogP contribution in [0.15, 0.2) is 34.8 Å². The monoisotopic (exact) mass is 373 g/mol. The van der Waals surface area contributed by atoms with Crippen molar-refractivity contribution >= 4 is 58.2 Å². The van der Waals surface area contributed by atoms with E-state index in [-0.39, 0.29) is 22.2 Å². The number of carbonyl (C=O) groups excluding carboxylic acids is 2. The van der Waals surface area contributed by atoms with Crippen molar-refractivity contribution in [3.63, 3.8) is 0 Å². The first-order valence-corrected chi connectivity index (χ1v) is 7.45. The molecule has 0 aromatic heterocycles. The van der Waals surface area contributed by atoms with Crippen molar-refractivity contribution in [3.05, 3.63) is 40.4 Å². The summed E-state index contributed by atoms with van der Waals surface area (Å²) in [6.45, 7) is 5.99. The summed E-state index contributed by atoms with van der Waals surface area (Å²) in [4.78, 5) is 27.9. The molecule has 0 amide bonds. The van der Waals surface area contributed by atoms with Gasteiger partial charge in [0, 0.05) is 5.03 Å². The van der Waals surface area contributed by atoms with Crippen LogP contribution in [-0.2, 0) is 14.3 Å². The number of nitrogens with zero attached hydrogens (tertiary/aromatic N) is 1. The van der Waals surface area contributed by atoms with Gasteiger partial charge >= 0.3 is 11.9 Å². The number of aliphatic imine (C=N–C) groups is 1. The quantitative estimate of drug-likeness (QED) is 0.422. The minimum atomic E-state index is -1.53. The molecule has 0 fully saturated rings. The third kappa shape index (κ3) is 5.77. The highest BCUT2D eigenvalue weighted by Crippen LogP contribution is 2.25. The van der Waals surface area contributed by atoms with Gasteiger partial charge in [0.15, 0.2) is 0 Å². The molecule has 1 aromatic carbocycles. The Kier molecular flexibility index (Phi) is 6.91. The van der Waals surface area contributed by atoms with E-state index in [9.17, 15) is 9.59 Å². The fourth-order valence-corrected chi connectivity index (χ4v) is 1.79. The van der Waals surface area contributed by atoms with E-state index in [0.29, 0.717) is 5.69 Å². The van der Waals surface area contributed by atoms with E-state index in [1.54, 1.807) is 6.07 Å². The number of thiocarbonyl (C=S) groups is 1. The fraction of sp³-hybridized carbons (Fsp3) is 0.267. The molecule has 0 spiro atoms. The summed E-state index contributed by atoms with van der Waals surface area (Å²) in [7, 11) is 0. The Balaban J connectivity index is 2.93. The molecular weight excluding hydrogens is 361 g/mol. The molecule has 23 heavy (non-hydrogen) atoms. The van der Waals surface area contributed by atoms with E-state index >= 15 is 0 Å². The van der Waals surface area contributed by atoms with E-state index < -0.39 is 17.5 Å². The molecule has 0 saturated carbocycles. The van der Waals surface area contributed by atoms with Crippen LogP contribution in [0.5, 0.6) is 0 Å². The molecule has 0 saturated heterocycles. The molecule has 1 rings (SSSR count). The number of halogens is 2. The molecule has 8 heteroatoms. The maximum Gasteiger partial charge on any atom is 0.350 e. The Bertz CT molecular complexity index is 697. The zero-order valence-corrected chi connectivity index (χ0v) is 14.7. The number of esters is 2. The third-order valence-corrected chi connectivity index (χ3v) is 3.07. The number of rotatable bonds is 6. The molecule has 122 valence electrons. The lowest BCUT2D eigenvalue weighted by Crippen LogP contribution is -2.39. The normalized spacial score (nSPS) is 10.4. The van der Waals surface area contributed by atoms with Gasteiger partial charge in [-0.2, -0.15) is 4.99 Å². The zero-order valence-electron chi connectivity index (χ0n) is 12.4. The Morgan fingerprint density at radius 3 is 2.65 bits per heavy atom. The van der Waals surface area contributed by atoms with Gasteiger partial charge in [0.1, 0.15) is 6.61 Å². The van der Waals surface area contributed by atoms with Gasteiger partial charge in [-0.25, -0.2) is 9.59 Å². The van der Waals surface area contributed by atoms with Crippen LogP contribution >= 0.6 is 35.4 Å². The summed E-state index contributed by atoms with van der Waals surface area (Å²) in [5, 5.41) is 2.48. The van der Waals surface area contributed by atoms with Gasteiger partial charge < -0.3 is 9.47 Å². The standard InChI is InChI=1S/C15H13Cl2NO4S/c1-9(16)7-21-14(20)15(2,3)22-13(19)11-6-10(18-8-23)4-5-12(11)17/h4-6H,1,7H2,2-3H3. The van der Waals surface area contributed by atoms with E-state index in [1.807, 2.05) is 0 Å². The number of hydrogen-bond acceptors (Lipinski definition) is 6. The third-order valence-electron chi connectivity index (χ3n) is 2.54. The average Bonchev–Trinajstić information content (AvgIpc) is 2.46. The van der Waals surface area contributed by atoms with Crippen LogP contribution in [0.4, 0.5) is 5.69 Å².